The predicted octanol–water partition coefficient (Wildman–Crippen LogP) is 0.800. The second-order valence-electron chi connectivity index (χ2n) is 4.36. The van der Waals surface area contributed by atoms with E-state index in [0.717, 1.165) is 12.8 Å². The van der Waals surface area contributed by atoms with Gasteiger partial charge in [0.15, 0.2) is 0 Å². The zero-order valence-corrected chi connectivity index (χ0v) is 6.46. The molecule has 58 valence electrons. The van der Waals surface area contributed by atoms with E-state index >= 15 is 0 Å². The molecule has 4 bridgehead atoms. The van der Waals surface area contributed by atoms with Gasteiger partial charge in [-0.05, 0) is 18.3 Å². The summed E-state index contributed by atoms with van der Waals surface area (Å²) in [6.45, 7) is 2.09. The van der Waals surface area contributed by atoms with Crippen molar-refractivity contribution in [3.8, 4) is 0 Å². The van der Waals surface area contributed by atoms with Crippen molar-refractivity contribution in [2.45, 2.75) is 19.8 Å². The summed E-state index contributed by atoms with van der Waals surface area (Å²) in [7, 11) is 0. The van der Waals surface area contributed by atoms with E-state index in [-0.39, 0.29) is 34.7 Å². The lowest BCUT2D eigenvalue weighted by Gasteiger charge is -2.25. The predicted molar refractivity (Wildman–Crippen MR) is 37.8 cm³/mol. The van der Waals surface area contributed by atoms with Crippen LogP contribution >= 0.6 is 0 Å². The molecule has 2 nitrogen and oxygen atoms in total. The van der Waals surface area contributed by atoms with Crippen molar-refractivity contribution in [2.24, 2.45) is 23.2 Å². The maximum atomic E-state index is 11.4. The minimum Gasteiger partial charge on any atom is -0.299 e. The number of carbonyl (C=O) groups is 2. The molecule has 0 aromatic heterocycles. The van der Waals surface area contributed by atoms with Crippen LogP contribution in [0.3, 0.4) is 0 Å². The SMILES string of the molecule is CC12CCC3C(=O)C1C2C3=O. The van der Waals surface area contributed by atoms with Gasteiger partial charge in [0, 0.05) is 11.8 Å². The monoisotopic (exact) mass is 150 g/mol. The standard InChI is InChI=1S/C9H10O2/c1-9-3-2-4-7(10)5(9)6(9)8(4)11/h4-6H,2-3H2,1H3. The van der Waals surface area contributed by atoms with Crippen molar-refractivity contribution in [3.05, 3.63) is 0 Å². The summed E-state index contributed by atoms with van der Waals surface area (Å²) in [5, 5.41) is 0. The van der Waals surface area contributed by atoms with Gasteiger partial charge in [-0.2, -0.15) is 0 Å². The van der Waals surface area contributed by atoms with E-state index in [1.54, 1.807) is 0 Å². The van der Waals surface area contributed by atoms with Crippen LogP contribution in [0.15, 0.2) is 0 Å². The summed E-state index contributed by atoms with van der Waals surface area (Å²) in [6.07, 6.45) is 1.94. The topological polar surface area (TPSA) is 34.1 Å². The van der Waals surface area contributed by atoms with Crippen molar-refractivity contribution in [1.82, 2.24) is 0 Å². The average Bonchev–Trinajstić information content (AvgIpc) is 2.49. The maximum Gasteiger partial charge on any atom is 0.147 e. The van der Waals surface area contributed by atoms with Crippen LogP contribution < -0.4 is 0 Å². The number of hydrogen-bond acceptors (Lipinski definition) is 2. The highest BCUT2D eigenvalue weighted by molar-refractivity contribution is 6.17. The smallest absolute Gasteiger partial charge is 0.147 e. The largest absolute Gasteiger partial charge is 0.299 e. The van der Waals surface area contributed by atoms with Gasteiger partial charge in [-0.25, -0.2) is 0 Å². The summed E-state index contributed by atoms with van der Waals surface area (Å²) in [5.41, 5.74) is 0.114. The fourth-order valence-electron chi connectivity index (χ4n) is 3.17. The fraction of sp³-hybridized carbons (Fsp3) is 0.778. The molecule has 0 saturated heterocycles. The summed E-state index contributed by atoms with van der Waals surface area (Å²) in [6, 6.07) is 0. The Morgan fingerprint density at radius 2 is 1.82 bits per heavy atom. The Balaban J connectivity index is 2.15. The molecule has 2 heteroatoms. The van der Waals surface area contributed by atoms with Crippen molar-refractivity contribution in [2.75, 3.05) is 0 Å². The van der Waals surface area contributed by atoms with E-state index < -0.39 is 0 Å². The molecule has 2 unspecified atom stereocenters. The van der Waals surface area contributed by atoms with Crippen LogP contribution in [0.1, 0.15) is 19.8 Å². The van der Waals surface area contributed by atoms with Crippen molar-refractivity contribution in [1.29, 1.82) is 0 Å². The van der Waals surface area contributed by atoms with Crippen LogP contribution in [-0.2, 0) is 9.59 Å². The zero-order chi connectivity index (χ0) is 7.80. The van der Waals surface area contributed by atoms with E-state index in [1.165, 1.54) is 0 Å². The minimum atomic E-state index is -0.174. The Morgan fingerprint density at radius 3 is 2.18 bits per heavy atom. The number of hydrogen-bond donors (Lipinski definition) is 0. The third-order valence-corrected chi connectivity index (χ3v) is 3.92. The van der Waals surface area contributed by atoms with Crippen LogP contribution in [0.2, 0.25) is 0 Å². The van der Waals surface area contributed by atoms with Crippen molar-refractivity contribution < 1.29 is 9.59 Å². The first-order chi connectivity index (χ1) is 5.16. The Bertz CT molecular complexity index is 257. The molecule has 0 amide bonds. The Labute approximate surface area is 65.0 Å². The summed E-state index contributed by atoms with van der Waals surface area (Å²) >= 11 is 0. The molecule has 4 rings (SSSR count). The quantitative estimate of drug-likeness (QED) is 0.479. The molecular weight excluding hydrogens is 140 g/mol. The minimum absolute atomic E-state index is 0.114. The molecule has 0 N–H and O–H groups in total. The third-order valence-electron chi connectivity index (χ3n) is 3.92. The number of Topliss-reactive ketones (excluding diaryl/α,β-unsaturated/α-hetero) is 2. The summed E-state index contributed by atoms with van der Waals surface area (Å²) < 4.78 is 0. The Morgan fingerprint density at radius 1 is 1.27 bits per heavy atom. The van der Waals surface area contributed by atoms with E-state index in [0.29, 0.717) is 0 Å². The number of ketones is 2. The first kappa shape index (κ1) is 5.92. The first-order valence-electron chi connectivity index (χ1n) is 4.24. The van der Waals surface area contributed by atoms with E-state index in [1.807, 2.05) is 0 Å². The number of fused-ring (bicyclic) bond motifs is 1. The highest BCUT2D eigenvalue weighted by Crippen LogP contribution is 2.71. The summed E-state index contributed by atoms with van der Waals surface area (Å²) in [4.78, 5) is 22.8. The van der Waals surface area contributed by atoms with Crippen molar-refractivity contribution in [3.63, 3.8) is 0 Å². The number of rotatable bonds is 0. The molecular formula is C9H10O2. The van der Waals surface area contributed by atoms with Gasteiger partial charge < -0.3 is 0 Å². The zero-order valence-electron chi connectivity index (χ0n) is 6.46. The molecule has 0 heterocycles. The molecule has 0 aliphatic heterocycles. The molecule has 11 heavy (non-hydrogen) atoms. The van der Waals surface area contributed by atoms with Gasteiger partial charge in [0.2, 0.25) is 0 Å². The number of carbonyl (C=O) groups excluding carboxylic acids is 2. The molecule has 0 spiro atoms. The summed E-state index contributed by atoms with van der Waals surface area (Å²) in [5.74, 6) is 0.636. The van der Waals surface area contributed by atoms with E-state index in [9.17, 15) is 9.59 Å². The lowest BCUT2D eigenvalue weighted by Crippen LogP contribution is -2.32. The fourth-order valence-corrected chi connectivity index (χ4v) is 3.17. The van der Waals surface area contributed by atoms with Crippen molar-refractivity contribution >= 4 is 11.6 Å². The van der Waals surface area contributed by atoms with Gasteiger partial charge >= 0.3 is 0 Å². The molecule has 4 aliphatic rings. The van der Waals surface area contributed by atoms with Gasteiger partial charge in [0.05, 0.1) is 5.92 Å². The molecule has 2 atom stereocenters. The molecule has 4 saturated carbocycles. The van der Waals surface area contributed by atoms with Crippen LogP contribution in [0, 0.1) is 23.2 Å². The Hall–Kier alpha value is -0.660. The van der Waals surface area contributed by atoms with E-state index in [4.69, 9.17) is 0 Å². The third kappa shape index (κ3) is 0.403. The maximum absolute atomic E-state index is 11.4. The molecule has 0 aromatic rings. The highest BCUT2D eigenvalue weighted by Gasteiger charge is 2.76. The lowest BCUT2D eigenvalue weighted by atomic mass is 9.76. The molecule has 0 radical (unpaired) electrons. The van der Waals surface area contributed by atoms with Gasteiger partial charge in [0.25, 0.3) is 0 Å². The van der Waals surface area contributed by atoms with Crippen LogP contribution in [-0.4, -0.2) is 11.6 Å². The van der Waals surface area contributed by atoms with Crippen LogP contribution in [0.25, 0.3) is 0 Å². The van der Waals surface area contributed by atoms with Gasteiger partial charge in [-0.3, -0.25) is 9.59 Å². The van der Waals surface area contributed by atoms with Gasteiger partial charge in [0.1, 0.15) is 11.6 Å². The first-order valence-corrected chi connectivity index (χ1v) is 4.24. The average molecular weight is 150 g/mol. The van der Waals surface area contributed by atoms with Crippen LogP contribution in [0.5, 0.6) is 0 Å². The molecule has 0 aromatic carbocycles. The second kappa shape index (κ2) is 1.30. The Kier molecular flexibility index (Phi) is 0.701. The second-order valence-corrected chi connectivity index (χ2v) is 4.36. The van der Waals surface area contributed by atoms with Gasteiger partial charge in [-0.1, -0.05) is 6.92 Å². The molecule has 4 fully saturated rings. The lowest BCUT2D eigenvalue weighted by molar-refractivity contribution is -0.134. The van der Waals surface area contributed by atoms with Gasteiger partial charge in [-0.15, -0.1) is 0 Å². The van der Waals surface area contributed by atoms with Crippen LogP contribution in [0.4, 0.5) is 0 Å². The van der Waals surface area contributed by atoms with E-state index in [2.05, 4.69) is 6.92 Å². The molecule has 4 aliphatic carbocycles. The normalized spacial score (nSPS) is 58.5. The highest BCUT2D eigenvalue weighted by atomic mass is 16.2.